The lowest BCUT2D eigenvalue weighted by molar-refractivity contribution is -0.386. The maximum Gasteiger partial charge on any atom is 0.364 e. The summed E-state index contributed by atoms with van der Waals surface area (Å²) in [7, 11) is 1.06. The fourth-order valence-electron chi connectivity index (χ4n) is 14.7. The second-order valence-electron chi connectivity index (χ2n) is 30.2. The maximum atomic E-state index is 13.8. The highest BCUT2D eigenvalue weighted by atomic mass is 16.8. The van der Waals surface area contributed by atoms with E-state index in [2.05, 4.69) is 29.8 Å². The number of ether oxygens (including phenoxy) is 9. The number of hydrogen-bond donors (Lipinski definition) is 21. The van der Waals surface area contributed by atoms with Crippen LogP contribution in [0.25, 0.3) is 0 Å². The zero-order valence-corrected chi connectivity index (χ0v) is 64.9. The van der Waals surface area contributed by atoms with Gasteiger partial charge in [-0.2, -0.15) is 0 Å². The van der Waals surface area contributed by atoms with Crippen LogP contribution in [0.1, 0.15) is 239 Å². The van der Waals surface area contributed by atoms with Gasteiger partial charge >= 0.3 is 11.9 Å². The van der Waals surface area contributed by atoms with Crippen LogP contribution in [-0.4, -0.2) is 327 Å². The number of carboxylic acids is 2. The summed E-state index contributed by atoms with van der Waals surface area (Å²) >= 11 is 0. The highest BCUT2D eigenvalue weighted by molar-refractivity contribution is 5.81. The minimum Gasteiger partial charge on any atom is -0.477 e. The predicted molar refractivity (Wildman–Crippen MR) is 390 cm³/mol. The van der Waals surface area contributed by atoms with Gasteiger partial charge in [0.1, 0.15) is 104 Å². The van der Waals surface area contributed by atoms with Crippen molar-refractivity contribution in [1.82, 2.24) is 16.0 Å². The van der Waals surface area contributed by atoms with Crippen molar-refractivity contribution in [3.63, 3.8) is 0 Å². The predicted octanol–water partition coefficient (Wildman–Crippen LogP) is -0.308. The Balaban J connectivity index is 1.45. The topological polar surface area (TPSA) is 569 Å². The molecule has 4 aliphatic heterocycles. The summed E-state index contributed by atoms with van der Waals surface area (Å²) in [5.41, 5.74) is 0. The summed E-state index contributed by atoms with van der Waals surface area (Å²) in [6, 6.07) is -5.10. The first-order valence-electron chi connectivity index (χ1n) is 40.3. The number of aliphatic hydroxyl groups is 16. The first-order valence-corrected chi connectivity index (χ1v) is 40.3. The van der Waals surface area contributed by atoms with E-state index in [0.717, 1.165) is 78.2 Å². The Bertz CT molecular complexity index is 2540. The number of carbonyl (C=O) groups excluding carboxylic acids is 3. The second-order valence-corrected chi connectivity index (χ2v) is 30.2. The van der Waals surface area contributed by atoms with Crippen molar-refractivity contribution in [2.75, 3.05) is 46.8 Å². The molecule has 4 saturated heterocycles. The minimum absolute atomic E-state index is 0.0897. The molecule has 26 unspecified atom stereocenters. The fourth-order valence-corrected chi connectivity index (χ4v) is 14.7. The zero-order valence-electron chi connectivity index (χ0n) is 64.9. The van der Waals surface area contributed by atoms with Crippen LogP contribution < -0.4 is 16.0 Å². The van der Waals surface area contributed by atoms with E-state index < -0.39 is 240 Å². The second kappa shape index (κ2) is 52.8. The van der Waals surface area contributed by atoms with Gasteiger partial charge in [-0.3, -0.25) is 14.4 Å². The minimum atomic E-state index is -3.39. The van der Waals surface area contributed by atoms with Crippen LogP contribution in [-0.2, 0) is 66.6 Å². The van der Waals surface area contributed by atoms with Crippen LogP contribution in [0.5, 0.6) is 0 Å². The molecule has 0 saturated carbocycles. The van der Waals surface area contributed by atoms with Crippen LogP contribution in [0.2, 0.25) is 0 Å². The molecule has 21 N–H and O–H groups in total. The molecule has 4 rings (SSSR count). The molecular formula is C75H137N3O32. The number of rotatable bonds is 59. The van der Waals surface area contributed by atoms with Gasteiger partial charge in [0, 0.05) is 26.9 Å². The molecule has 0 spiro atoms. The van der Waals surface area contributed by atoms with E-state index in [4.69, 9.17) is 42.6 Å². The van der Waals surface area contributed by atoms with Crippen molar-refractivity contribution >= 4 is 29.7 Å². The smallest absolute Gasteiger partial charge is 0.364 e. The van der Waals surface area contributed by atoms with Crippen molar-refractivity contribution in [2.45, 2.75) is 397 Å². The molecule has 26 atom stereocenters. The zero-order chi connectivity index (χ0) is 81.5. The number of nitrogens with one attached hydrogen (secondary N) is 3. The van der Waals surface area contributed by atoms with Gasteiger partial charge in [0.25, 0.3) is 11.6 Å². The molecule has 0 aromatic rings. The summed E-state index contributed by atoms with van der Waals surface area (Å²) in [6.45, 7) is -1.06. The molecule has 4 fully saturated rings. The summed E-state index contributed by atoms with van der Waals surface area (Å²) in [4.78, 5) is 65.9. The highest BCUT2D eigenvalue weighted by Gasteiger charge is 2.61. The van der Waals surface area contributed by atoms with Gasteiger partial charge in [-0.1, -0.05) is 206 Å². The number of carbonyl (C=O) groups is 5. The van der Waals surface area contributed by atoms with E-state index in [9.17, 15) is 116 Å². The molecule has 110 heavy (non-hydrogen) atoms. The van der Waals surface area contributed by atoms with E-state index in [1.165, 1.54) is 116 Å². The molecular weight excluding hydrogens is 1450 g/mol. The van der Waals surface area contributed by atoms with Gasteiger partial charge in [-0.25, -0.2) is 9.59 Å². The molecule has 0 radical (unpaired) electrons. The van der Waals surface area contributed by atoms with Crippen LogP contribution in [0.4, 0.5) is 0 Å². The van der Waals surface area contributed by atoms with Crippen LogP contribution in [0.3, 0.4) is 0 Å². The Kier molecular flexibility index (Phi) is 47.4. The summed E-state index contributed by atoms with van der Waals surface area (Å²) in [5, 5.41) is 206. The normalized spacial score (nSPS) is 30.8. The van der Waals surface area contributed by atoms with Gasteiger partial charge in [-0.05, 0) is 12.8 Å². The number of carboxylic acid groups (broad SMARTS) is 2. The van der Waals surface area contributed by atoms with Gasteiger partial charge in [0.15, 0.2) is 12.6 Å². The average molecular weight is 1590 g/mol. The van der Waals surface area contributed by atoms with Gasteiger partial charge in [0.2, 0.25) is 17.7 Å². The van der Waals surface area contributed by atoms with E-state index in [1.807, 2.05) is 0 Å². The number of methoxy groups -OCH3 is 1. The lowest BCUT2D eigenvalue weighted by atomic mass is 9.88. The number of hydrogen-bond acceptors (Lipinski definition) is 30. The summed E-state index contributed by atoms with van der Waals surface area (Å²) < 4.78 is 50.9. The van der Waals surface area contributed by atoms with Crippen LogP contribution in [0.15, 0.2) is 0 Å². The Morgan fingerprint density at radius 1 is 0.500 bits per heavy atom. The summed E-state index contributed by atoms with van der Waals surface area (Å²) in [5.74, 6) is -13.7. The molecule has 4 heterocycles. The Morgan fingerprint density at radius 2 is 0.945 bits per heavy atom. The molecule has 644 valence electrons. The molecule has 3 amide bonds. The largest absolute Gasteiger partial charge is 0.477 e. The maximum absolute atomic E-state index is 13.8. The standard InChI is InChI=1S/C75H137N3O32/c1-5-7-9-11-13-15-17-18-19-20-21-22-23-24-26-28-30-32-34-36-48(85)69(97)77-46(58(90)47(84)35-33-31-29-27-25-16-14-12-10-8-6-2)43-103-70-63(95)62(94)65(54(42-82)106-70)107-71-64(96)68(61(93)53(41-81)105-71)110-75(73(100)101)38-50(87)57(66(109-75)59(91)51(88)39-79)78-55(89)44-104-74(72(98)99)37-49(86)56(76-45(3)83)67(108-74)60(92)52(40-80)102-4/h46-54,56-68,70-71,79-82,84-88,90-96H,5-44H2,1-4H3,(H,76,83)(H,77,97)(H,78,89)(H,98,99)(H,100,101). The summed E-state index contributed by atoms with van der Waals surface area (Å²) in [6.07, 6.45) is -11.2. The Hall–Kier alpha value is -3.65. The first-order chi connectivity index (χ1) is 52.6. The molecule has 4 aliphatic rings. The quantitative estimate of drug-likeness (QED) is 0.0347. The third-order valence-corrected chi connectivity index (χ3v) is 21.4. The molecule has 0 bridgehead atoms. The number of amides is 3. The molecule has 0 aliphatic carbocycles. The lowest BCUT2D eigenvalue weighted by Gasteiger charge is -2.50. The van der Waals surface area contributed by atoms with Gasteiger partial charge in [0.05, 0.1) is 69.5 Å². The van der Waals surface area contributed by atoms with E-state index >= 15 is 0 Å². The fraction of sp³-hybridized carbons (Fsp3) is 0.933. The third kappa shape index (κ3) is 31.4. The molecule has 0 aromatic heterocycles. The van der Waals surface area contributed by atoms with Crippen LogP contribution >= 0.6 is 0 Å². The number of aliphatic carboxylic acids is 2. The Labute approximate surface area is 645 Å². The van der Waals surface area contributed by atoms with Crippen molar-refractivity contribution in [2.24, 2.45) is 0 Å². The molecule has 0 aromatic carbocycles. The van der Waals surface area contributed by atoms with Crippen LogP contribution in [0, 0.1) is 0 Å². The van der Waals surface area contributed by atoms with Crippen molar-refractivity contribution in [3.05, 3.63) is 0 Å². The van der Waals surface area contributed by atoms with Gasteiger partial charge < -0.3 is 150 Å². The van der Waals surface area contributed by atoms with Gasteiger partial charge in [-0.15, -0.1) is 0 Å². The van der Waals surface area contributed by atoms with E-state index in [-0.39, 0.29) is 12.8 Å². The molecule has 35 nitrogen and oxygen atoms in total. The SMILES string of the molecule is CCCCCCCCCCCCCCCCCCCCCC(O)C(=O)NC(COC1OC(CO)C(OC2OC(CO)C(O)C(OC3(C(=O)O)CC(O)C(NC(=O)COC4(C(=O)O)CC(O)C(NC(C)=O)C(C(O)C(CO)OC)O4)C(C(O)C(O)CO)O3)C2O)C(O)C1O)C(O)C(O)CCCCCCCCCCCCC. The monoisotopic (exact) mass is 1590 g/mol. The highest BCUT2D eigenvalue weighted by Crippen LogP contribution is 2.40. The number of unbranched alkanes of at least 4 members (excludes halogenated alkanes) is 28. The third-order valence-electron chi connectivity index (χ3n) is 21.4. The first kappa shape index (κ1) is 98.7. The molecule has 35 heteroatoms. The average Bonchev–Trinajstić information content (AvgIpc) is 0.757. The van der Waals surface area contributed by atoms with Crippen molar-refractivity contribution < 1.29 is 159 Å². The van der Waals surface area contributed by atoms with E-state index in [1.54, 1.807) is 0 Å². The lowest BCUT2D eigenvalue weighted by Crippen LogP contribution is -2.71. The number of aliphatic hydroxyl groups excluding tert-OH is 16. The van der Waals surface area contributed by atoms with Crippen molar-refractivity contribution in [1.29, 1.82) is 0 Å². The van der Waals surface area contributed by atoms with E-state index in [0.29, 0.717) is 12.8 Å². The van der Waals surface area contributed by atoms with Crippen molar-refractivity contribution in [3.8, 4) is 0 Å². The Morgan fingerprint density at radius 3 is 1.40 bits per heavy atom.